The third-order valence-corrected chi connectivity index (χ3v) is 4.64. The molecule has 24 heavy (non-hydrogen) atoms. The smallest absolute Gasteiger partial charge is 0.308 e. The van der Waals surface area contributed by atoms with E-state index < -0.39 is 0 Å². The number of carbonyl (C=O) groups excluding carboxylic acids is 2. The minimum absolute atomic E-state index is 0. The zero-order valence-corrected chi connectivity index (χ0v) is 16.1. The van der Waals surface area contributed by atoms with E-state index in [0.717, 1.165) is 22.9 Å². The second-order valence-electron chi connectivity index (χ2n) is 5.89. The molecule has 5 nitrogen and oxygen atoms in total. The Kier molecular flexibility index (Phi) is 8.73. The molecule has 0 aromatic heterocycles. The second kappa shape index (κ2) is 10.0. The minimum atomic E-state index is -0.383. The summed E-state index contributed by atoms with van der Waals surface area (Å²) in [6.45, 7) is 2.10. The molecule has 3 unspecified atom stereocenters. The summed E-state index contributed by atoms with van der Waals surface area (Å²) in [6, 6.07) is 7.30. The molecule has 7 heteroatoms. The molecular weight excluding hydrogens is 396 g/mol. The van der Waals surface area contributed by atoms with Crippen molar-refractivity contribution in [1.82, 2.24) is 5.32 Å². The highest BCUT2D eigenvalue weighted by atomic mass is 79.9. The number of esters is 1. The van der Waals surface area contributed by atoms with Crippen molar-refractivity contribution in [2.24, 2.45) is 11.7 Å². The number of hydrogen-bond donors (Lipinski definition) is 2. The van der Waals surface area contributed by atoms with Crippen LogP contribution in [-0.2, 0) is 14.3 Å². The third-order valence-electron chi connectivity index (χ3n) is 4.11. The van der Waals surface area contributed by atoms with E-state index in [9.17, 15) is 9.59 Å². The van der Waals surface area contributed by atoms with Crippen molar-refractivity contribution in [3.05, 3.63) is 34.3 Å². The van der Waals surface area contributed by atoms with Crippen molar-refractivity contribution < 1.29 is 14.3 Å². The van der Waals surface area contributed by atoms with Gasteiger partial charge in [0.2, 0.25) is 5.91 Å². The molecule has 0 aliphatic heterocycles. The predicted molar refractivity (Wildman–Crippen MR) is 98.8 cm³/mol. The first kappa shape index (κ1) is 20.9. The average molecular weight is 420 g/mol. The highest BCUT2D eigenvalue weighted by Gasteiger charge is 2.30. The fourth-order valence-corrected chi connectivity index (χ4v) is 3.14. The molecule has 1 aliphatic carbocycles. The number of hydrogen-bond acceptors (Lipinski definition) is 4. The number of ether oxygens (including phenoxy) is 1. The van der Waals surface area contributed by atoms with Crippen LogP contribution in [0, 0.1) is 5.92 Å². The molecule has 2 rings (SSSR count). The summed E-state index contributed by atoms with van der Waals surface area (Å²) in [7, 11) is 0. The van der Waals surface area contributed by atoms with E-state index in [1.807, 2.05) is 24.3 Å². The first-order valence-corrected chi connectivity index (χ1v) is 8.76. The van der Waals surface area contributed by atoms with Gasteiger partial charge in [-0.2, -0.15) is 0 Å². The van der Waals surface area contributed by atoms with Gasteiger partial charge in [0, 0.05) is 16.4 Å². The molecule has 0 heterocycles. The van der Waals surface area contributed by atoms with Gasteiger partial charge in [-0.25, -0.2) is 0 Å². The van der Waals surface area contributed by atoms with Crippen LogP contribution in [0.25, 0.3) is 0 Å². The monoisotopic (exact) mass is 418 g/mol. The van der Waals surface area contributed by atoms with Gasteiger partial charge in [-0.3, -0.25) is 9.59 Å². The standard InChI is InChI=1S/C17H23BrN2O3.ClH/c1-2-23-16(21)10-15(11-3-6-13(18)7-4-11)20-17(22)12-5-8-14(19)9-12;/h3-4,6-7,12,14-15H,2,5,8-10,19H2,1H3,(H,20,22);1H. The molecule has 1 aromatic carbocycles. The van der Waals surface area contributed by atoms with Crippen LogP contribution in [0.5, 0.6) is 0 Å². The molecule has 1 fully saturated rings. The Morgan fingerprint density at radius 1 is 1.33 bits per heavy atom. The molecule has 1 aromatic rings. The lowest BCUT2D eigenvalue weighted by Gasteiger charge is -2.21. The fourth-order valence-electron chi connectivity index (χ4n) is 2.88. The summed E-state index contributed by atoms with van der Waals surface area (Å²) in [5, 5.41) is 2.99. The van der Waals surface area contributed by atoms with Crippen molar-refractivity contribution >= 4 is 40.2 Å². The fraction of sp³-hybridized carbons (Fsp3) is 0.529. The summed E-state index contributed by atoms with van der Waals surface area (Å²) < 4.78 is 5.97. The van der Waals surface area contributed by atoms with Gasteiger partial charge in [-0.15, -0.1) is 12.4 Å². The maximum atomic E-state index is 12.5. The Labute approximate surface area is 157 Å². The van der Waals surface area contributed by atoms with Crippen LogP contribution >= 0.6 is 28.3 Å². The number of rotatable bonds is 6. The number of halogens is 2. The Bertz CT molecular complexity index is 553. The molecule has 0 saturated heterocycles. The maximum absolute atomic E-state index is 12.5. The normalized spacial score (nSPS) is 20.8. The molecule has 1 saturated carbocycles. The van der Waals surface area contributed by atoms with Gasteiger partial charge >= 0.3 is 5.97 Å². The number of nitrogens with two attached hydrogens (primary N) is 1. The van der Waals surface area contributed by atoms with Crippen LogP contribution in [0.2, 0.25) is 0 Å². The van der Waals surface area contributed by atoms with Crippen LogP contribution in [-0.4, -0.2) is 24.5 Å². The Hall–Kier alpha value is -1.11. The molecule has 1 aliphatic rings. The Balaban J connectivity index is 0.00000288. The molecule has 0 bridgehead atoms. The van der Waals surface area contributed by atoms with Gasteiger partial charge < -0.3 is 15.8 Å². The largest absolute Gasteiger partial charge is 0.466 e. The molecule has 0 radical (unpaired) electrons. The lowest BCUT2D eigenvalue weighted by molar-refractivity contribution is -0.143. The van der Waals surface area contributed by atoms with Crippen molar-refractivity contribution in [3.8, 4) is 0 Å². The van der Waals surface area contributed by atoms with Gasteiger partial charge in [0.1, 0.15) is 0 Å². The van der Waals surface area contributed by atoms with E-state index >= 15 is 0 Å². The van der Waals surface area contributed by atoms with Crippen molar-refractivity contribution in [2.45, 2.75) is 44.7 Å². The van der Waals surface area contributed by atoms with Crippen LogP contribution in [0.3, 0.4) is 0 Å². The average Bonchev–Trinajstić information content (AvgIpc) is 2.94. The number of benzene rings is 1. The highest BCUT2D eigenvalue weighted by Crippen LogP contribution is 2.26. The molecular formula is C17H24BrClN2O3. The zero-order chi connectivity index (χ0) is 16.8. The van der Waals surface area contributed by atoms with E-state index in [1.165, 1.54) is 0 Å². The molecule has 3 N–H and O–H groups in total. The van der Waals surface area contributed by atoms with E-state index in [2.05, 4.69) is 21.2 Å². The van der Waals surface area contributed by atoms with E-state index in [4.69, 9.17) is 10.5 Å². The van der Waals surface area contributed by atoms with Crippen molar-refractivity contribution in [1.29, 1.82) is 0 Å². The third kappa shape index (κ3) is 6.07. The van der Waals surface area contributed by atoms with E-state index in [-0.39, 0.29) is 48.7 Å². The summed E-state index contributed by atoms with van der Waals surface area (Å²) in [6.07, 6.45) is 2.51. The van der Waals surface area contributed by atoms with Crippen LogP contribution in [0.15, 0.2) is 28.7 Å². The van der Waals surface area contributed by atoms with E-state index in [1.54, 1.807) is 6.92 Å². The number of nitrogens with one attached hydrogen (secondary N) is 1. The summed E-state index contributed by atoms with van der Waals surface area (Å²) in [5.74, 6) is -0.413. The van der Waals surface area contributed by atoms with Gasteiger partial charge in [-0.1, -0.05) is 28.1 Å². The van der Waals surface area contributed by atoms with Crippen LogP contribution in [0.1, 0.15) is 44.2 Å². The second-order valence-corrected chi connectivity index (χ2v) is 6.81. The minimum Gasteiger partial charge on any atom is -0.466 e. The first-order valence-electron chi connectivity index (χ1n) is 7.96. The van der Waals surface area contributed by atoms with Crippen LogP contribution in [0.4, 0.5) is 0 Å². The maximum Gasteiger partial charge on any atom is 0.308 e. The SMILES string of the molecule is CCOC(=O)CC(NC(=O)C1CCC(N)C1)c1ccc(Br)cc1.Cl. The zero-order valence-electron chi connectivity index (χ0n) is 13.7. The van der Waals surface area contributed by atoms with Crippen LogP contribution < -0.4 is 11.1 Å². The van der Waals surface area contributed by atoms with Gasteiger partial charge in [0.25, 0.3) is 0 Å². The first-order chi connectivity index (χ1) is 11.0. The predicted octanol–water partition coefficient (Wildman–Crippen LogP) is 3.11. The lowest BCUT2D eigenvalue weighted by atomic mass is 10.0. The lowest BCUT2D eigenvalue weighted by Crippen LogP contribution is -2.35. The van der Waals surface area contributed by atoms with Crippen molar-refractivity contribution in [2.75, 3.05) is 6.61 Å². The summed E-state index contributed by atoms with van der Waals surface area (Å²) in [4.78, 5) is 24.3. The van der Waals surface area contributed by atoms with Gasteiger partial charge in [0.05, 0.1) is 19.1 Å². The Morgan fingerprint density at radius 2 is 2.00 bits per heavy atom. The van der Waals surface area contributed by atoms with Gasteiger partial charge in [-0.05, 0) is 43.9 Å². The number of carbonyl (C=O) groups is 2. The topological polar surface area (TPSA) is 81.4 Å². The summed E-state index contributed by atoms with van der Waals surface area (Å²) >= 11 is 3.39. The Morgan fingerprint density at radius 3 is 2.54 bits per heavy atom. The van der Waals surface area contributed by atoms with Gasteiger partial charge in [0.15, 0.2) is 0 Å². The molecule has 0 spiro atoms. The molecule has 134 valence electrons. The summed E-state index contributed by atoms with van der Waals surface area (Å²) in [5.41, 5.74) is 6.77. The van der Waals surface area contributed by atoms with Crippen molar-refractivity contribution in [3.63, 3.8) is 0 Å². The highest BCUT2D eigenvalue weighted by molar-refractivity contribution is 9.10. The quantitative estimate of drug-likeness (QED) is 0.694. The number of amides is 1. The molecule has 1 amide bonds. The molecule has 3 atom stereocenters. The van der Waals surface area contributed by atoms with E-state index in [0.29, 0.717) is 13.0 Å².